The molecule has 3 aromatic rings. The molecule has 0 radical (unpaired) electrons. The number of nitrogens with zero attached hydrogens (tertiary/aromatic N) is 2. The van der Waals surface area contributed by atoms with Gasteiger partial charge in [0.1, 0.15) is 0 Å². The van der Waals surface area contributed by atoms with E-state index in [0.29, 0.717) is 10.7 Å². The summed E-state index contributed by atoms with van der Waals surface area (Å²) >= 11 is 1.33. The van der Waals surface area contributed by atoms with Gasteiger partial charge in [0.15, 0.2) is 5.16 Å². The van der Waals surface area contributed by atoms with Crippen LogP contribution >= 0.6 is 11.8 Å². The molecule has 0 atom stereocenters. The number of unbranched alkanes of at least 4 members (excludes halogenated alkanes) is 1. The van der Waals surface area contributed by atoms with Crippen LogP contribution < -0.4 is 10.5 Å². The Kier molecular flexibility index (Phi) is 7.17. The van der Waals surface area contributed by atoms with Crippen LogP contribution in [0.15, 0.2) is 52.5 Å². The molecule has 3 rings (SSSR count). The number of primary sulfonamides is 1. The van der Waals surface area contributed by atoms with Crippen LogP contribution in [-0.4, -0.2) is 29.6 Å². The molecule has 7 nitrogen and oxygen atoms in total. The van der Waals surface area contributed by atoms with Crippen molar-refractivity contribution in [1.82, 2.24) is 9.55 Å². The lowest BCUT2D eigenvalue weighted by atomic mass is 10.1. The van der Waals surface area contributed by atoms with Crippen molar-refractivity contribution in [1.29, 1.82) is 0 Å². The number of sulfonamides is 1. The Morgan fingerprint density at radius 2 is 1.90 bits per heavy atom. The van der Waals surface area contributed by atoms with Gasteiger partial charge in [0.2, 0.25) is 15.9 Å². The number of imidazole rings is 1. The number of carbonyl (C=O) groups excluding carboxylic acids is 1. The summed E-state index contributed by atoms with van der Waals surface area (Å²) in [6.07, 6.45) is 2.91. The minimum Gasteiger partial charge on any atom is -0.325 e. The quantitative estimate of drug-likeness (QED) is 0.487. The highest BCUT2D eigenvalue weighted by molar-refractivity contribution is 7.99. The van der Waals surface area contributed by atoms with Crippen molar-refractivity contribution in [3.05, 3.63) is 48.0 Å². The maximum Gasteiger partial charge on any atom is 0.238 e. The number of hydrogen-bond donors (Lipinski definition) is 2. The fourth-order valence-corrected chi connectivity index (χ4v) is 4.43. The number of nitrogens with one attached hydrogen (secondary N) is 1. The first-order valence-electron chi connectivity index (χ1n) is 9.86. The Bertz CT molecular complexity index is 1140. The van der Waals surface area contributed by atoms with E-state index in [4.69, 9.17) is 5.14 Å². The summed E-state index contributed by atoms with van der Waals surface area (Å²) in [7, 11) is -3.80. The van der Waals surface area contributed by atoms with Crippen molar-refractivity contribution in [3.63, 3.8) is 0 Å². The molecular formula is C21H26N4O3S2. The number of benzene rings is 2. The van der Waals surface area contributed by atoms with Gasteiger partial charge in [0.05, 0.1) is 21.7 Å². The molecular weight excluding hydrogens is 420 g/mol. The highest BCUT2D eigenvalue weighted by Crippen LogP contribution is 2.26. The average molecular weight is 447 g/mol. The van der Waals surface area contributed by atoms with E-state index < -0.39 is 10.0 Å². The third kappa shape index (κ3) is 5.41. The maximum absolute atomic E-state index is 12.4. The minimum absolute atomic E-state index is 0.0277. The second-order valence-electron chi connectivity index (χ2n) is 6.98. The Labute approximate surface area is 181 Å². The van der Waals surface area contributed by atoms with Gasteiger partial charge in [-0.15, -0.1) is 0 Å². The second-order valence-corrected chi connectivity index (χ2v) is 9.49. The lowest BCUT2D eigenvalue weighted by Gasteiger charge is -2.09. The van der Waals surface area contributed by atoms with Gasteiger partial charge in [-0.25, -0.2) is 18.5 Å². The largest absolute Gasteiger partial charge is 0.325 e. The lowest BCUT2D eigenvalue weighted by molar-refractivity contribution is -0.113. The number of fused-ring (bicyclic) bond motifs is 1. The Morgan fingerprint density at radius 1 is 1.17 bits per heavy atom. The Morgan fingerprint density at radius 3 is 2.53 bits per heavy atom. The number of thioether (sulfide) groups is 1. The molecule has 0 saturated carbocycles. The molecule has 0 fully saturated rings. The van der Waals surface area contributed by atoms with E-state index in [-0.39, 0.29) is 16.6 Å². The fourth-order valence-electron chi connectivity index (χ4n) is 3.06. The molecule has 0 aliphatic heterocycles. The number of anilines is 1. The summed E-state index contributed by atoms with van der Waals surface area (Å²) in [5.74, 6) is 0.0797. The van der Waals surface area contributed by atoms with Gasteiger partial charge < -0.3 is 9.88 Å². The molecule has 0 bridgehead atoms. The number of hydrogen-bond acceptors (Lipinski definition) is 5. The molecule has 0 aliphatic carbocycles. The first kappa shape index (κ1) is 22.3. The van der Waals surface area contributed by atoms with Crippen LogP contribution in [0.1, 0.15) is 32.3 Å². The standard InChI is InChI=1S/C21H26N4O3S2/c1-3-5-12-25-19-11-10-17(30(22,27)28)13-18(19)24-21(25)29-14-20(26)23-16-8-6-15(4-2)7-9-16/h6-11,13H,3-5,12,14H2,1-2H3,(H,23,26)(H2,22,27,28). The molecule has 1 heterocycles. The van der Waals surface area contributed by atoms with Crippen molar-refractivity contribution < 1.29 is 13.2 Å². The monoisotopic (exact) mass is 446 g/mol. The van der Waals surface area contributed by atoms with Crippen molar-refractivity contribution in [3.8, 4) is 0 Å². The van der Waals surface area contributed by atoms with E-state index in [1.165, 1.54) is 29.5 Å². The molecule has 30 heavy (non-hydrogen) atoms. The fraction of sp³-hybridized carbons (Fsp3) is 0.333. The summed E-state index contributed by atoms with van der Waals surface area (Å²) in [4.78, 5) is 17.0. The van der Waals surface area contributed by atoms with E-state index in [1.807, 2.05) is 28.8 Å². The summed E-state index contributed by atoms with van der Waals surface area (Å²) in [5, 5.41) is 8.82. The van der Waals surface area contributed by atoms with Crippen molar-refractivity contribution in [2.45, 2.75) is 49.7 Å². The topological polar surface area (TPSA) is 107 Å². The first-order valence-corrected chi connectivity index (χ1v) is 12.4. The van der Waals surface area contributed by atoms with Crippen LogP contribution in [-0.2, 0) is 27.8 Å². The van der Waals surface area contributed by atoms with Crippen LogP contribution in [0.2, 0.25) is 0 Å². The minimum atomic E-state index is -3.80. The van der Waals surface area contributed by atoms with Gasteiger partial charge in [-0.3, -0.25) is 4.79 Å². The normalized spacial score (nSPS) is 11.7. The smallest absolute Gasteiger partial charge is 0.238 e. The molecule has 2 aromatic carbocycles. The van der Waals surface area contributed by atoms with E-state index >= 15 is 0 Å². The first-order chi connectivity index (χ1) is 14.3. The molecule has 0 unspecified atom stereocenters. The van der Waals surface area contributed by atoms with E-state index in [1.54, 1.807) is 6.07 Å². The van der Waals surface area contributed by atoms with Gasteiger partial charge in [-0.1, -0.05) is 44.2 Å². The molecule has 0 spiro atoms. The van der Waals surface area contributed by atoms with Crippen LogP contribution in [0.4, 0.5) is 5.69 Å². The Balaban J connectivity index is 1.78. The van der Waals surface area contributed by atoms with Gasteiger partial charge in [0, 0.05) is 12.2 Å². The summed E-state index contributed by atoms with van der Waals surface area (Å²) in [6, 6.07) is 12.5. The predicted octanol–water partition coefficient (Wildman–Crippen LogP) is 3.78. The van der Waals surface area contributed by atoms with Crippen molar-refractivity contribution in [2.24, 2.45) is 5.14 Å². The van der Waals surface area contributed by atoms with Gasteiger partial charge >= 0.3 is 0 Å². The molecule has 0 saturated heterocycles. The maximum atomic E-state index is 12.4. The number of carbonyl (C=O) groups is 1. The number of rotatable bonds is 9. The van der Waals surface area contributed by atoms with Crippen LogP contribution in [0.5, 0.6) is 0 Å². The predicted molar refractivity (Wildman–Crippen MR) is 121 cm³/mol. The zero-order valence-electron chi connectivity index (χ0n) is 17.1. The van der Waals surface area contributed by atoms with E-state index in [9.17, 15) is 13.2 Å². The summed E-state index contributed by atoms with van der Waals surface area (Å²) < 4.78 is 25.3. The average Bonchev–Trinajstić information content (AvgIpc) is 3.07. The Hall–Kier alpha value is -2.36. The zero-order valence-corrected chi connectivity index (χ0v) is 18.7. The van der Waals surface area contributed by atoms with E-state index in [0.717, 1.165) is 37.0 Å². The number of nitrogens with two attached hydrogens (primary N) is 1. The lowest BCUT2D eigenvalue weighted by Crippen LogP contribution is -2.14. The molecule has 9 heteroatoms. The summed E-state index contributed by atoms with van der Waals surface area (Å²) in [5.41, 5.74) is 3.35. The number of amides is 1. The molecule has 160 valence electrons. The molecule has 3 N–H and O–H groups in total. The van der Waals surface area contributed by atoms with E-state index in [2.05, 4.69) is 24.1 Å². The van der Waals surface area contributed by atoms with Crippen molar-refractivity contribution in [2.75, 3.05) is 11.1 Å². The van der Waals surface area contributed by atoms with Crippen LogP contribution in [0, 0.1) is 0 Å². The number of aryl methyl sites for hydroxylation is 2. The zero-order chi connectivity index (χ0) is 21.7. The van der Waals surface area contributed by atoms with Crippen molar-refractivity contribution >= 4 is 44.4 Å². The summed E-state index contributed by atoms with van der Waals surface area (Å²) in [6.45, 7) is 4.92. The van der Waals surface area contributed by atoms with Crippen LogP contribution in [0.3, 0.4) is 0 Å². The third-order valence-corrected chi connectivity index (χ3v) is 6.61. The van der Waals surface area contributed by atoms with Gasteiger partial charge in [-0.2, -0.15) is 0 Å². The second kappa shape index (κ2) is 9.63. The van der Waals surface area contributed by atoms with Gasteiger partial charge in [0.25, 0.3) is 0 Å². The molecule has 1 amide bonds. The highest BCUT2D eigenvalue weighted by atomic mass is 32.2. The SMILES string of the molecule is CCCCn1c(SCC(=O)Nc2ccc(CC)cc2)nc2cc(S(N)(=O)=O)ccc21. The molecule has 0 aliphatic rings. The third-order valence-electron chi connectivity index (χ3n) is 4.73. The van der Waals surface area contributed by atoms with Crippen LogP contribution in [0.25, 0.3) is 11.0 Å². The van der Waals surface area contributed by atoms with Gasteiger partial charge in [-0.05, 0) is 48.7 Å². The molecule has 1 aromatic heterocycles. The number of aromatic nitrogens is 2. The highest BCUT2D eigenvalue weighted by Gasteiger charge is 2.16.